The van der Waals surface area contributed by atoms with Crippen molar-refractivity contribution in [2.24, 2.45) is 0 Å². The molecular formula is C9H16N4O2S. The Morgan fingerprint density at radius 1 is 1.50 bits per heavy atom. The van der Waals surface area contributed by atoms with Crippen LogP contribution < -0.4 is 5.01 Å². The highest BCUT2D eigenvalue weighted by Gasteiger charge is 2.14. The molecule has 6 nitrogen and oxygen atoms in total. The number of aromatic nitrogens is 3. The van der Waals surface area contributed by atoms with Crippen molar-refractivity contribution in [1.29, 1.82) is 0 Å². The molecule has 0 aromatic carbocycles. The molecule has 1 N–H and O–H groups in total. The van der Waals surface area contributed by atoms with E-state index in [0.29, 0.717) is 5.16 Å². The number of aryl methyl sites for hydroxylation is 1. The first-order valence-corrected chi connectivity index (χ1v) is 6.01. The van der Waals surface area contributed by atoms with Crippen LogP contribution in [0.4, 0.5) is 0 Å². The molecule has 0 bridgehead atoms. The lowest BCUT2D eigenvalue weighted by Crippen LogP contribution is -2.28. The Labute approximate surface area is 98.6 Å². The quantitative estimate of drug-likeness (QED) is 0.739. The van der Waals surface area contributed by atoms with Crippen molar-refractivity contribution in [1.82, 2.24) is 14.9 Å². The van der Waals surface area contributed by atoms with Gasteiger partial charge in [-0.3, -0.25) is 4.79 Å². The zero-order chi connectivity index (χ0) is 12.1. The van der Waals surface area contributed by atoms with Crippen LogP contribution in [0.15, 0.2) is 5.16 Å². The van der Waals surface area contributed by atoms with Crippen molar-refractivity contribution >= 4 is 17.7 Å². The van der Waals surface area contributed by atoms with E-state index in [1.807, 2.05) is 23.8 Å². The average Bonchev–Trinajstić information content (AvgIpc) is 2.58. The van der Waals surface area contributed by atoms with E-state index in [1.54, 1.807) is 0 Å². The summed E-state index contributed by atoms with van der Waals surface area (Å²) in [5.74, 6) is 0.00805. The Morgan fingerprint density at radius 3 is 2.69 bits per heavy atom. The van der Waals surface area contributed by atoms with Gasteiger partial charge in [0.1, 0.15) is 0 Å². The van der Waals surface area contributed by atoms with Crippen molar-refractivity contribution in [3.05, 3.63) is 5.82 Å². The van der Waals surface area contributed by atoms with Gasteiger partial charge in [0.05, 0.1) is 5.75 Å². The molecule has 0 aliphatic heterocycles. The summed E-state index contributed by atoms with van der Waals surface area (Å²) in [5, 5.41) is 19.2. The molecule has 16 heavy (non-hydrogen) atoms. The minimum atomic E-state index is -0.852. The van der Waals surface area contributed by atoms with Gasteiger partial charge in [-0.1, -0.05) is 18.7 Å². The van der Waals surface area contributed by atoms with E-state index in [0.717, 1.165) is 18.7 Å². The van der Waals surface area contributed by atoms with Gasteiger partial charge in [-0.05, 0) is 6.42 Å². The molecule has 1 aromatic heterocycles. The van der Waals surface area contributed by atoms with Gasteiger partial charge in [-0.25, -0.2) is 4.68 Å². The van der Waals surface area contributed by atoms with E-state index in [2.05, 4.69) is 17.1 Å². The Kier molecular flexibility index (Phi) is 4.60. The number of thioether (sulfide) groups is 1. The van der Waals surface area contributed by atoms with Crippen molar-refractivity contribution in [2.75, 3.05) is 24.9 Å². The molecule has 0 saturated heterocycles. The Hall–Kier alpha value is -1.24. The normalized spacial score (nSPS) is 10.4. The number of aliphatic carboxylic acids is 1. The van der Waals surface area contributed by atoms with Crippen molar-refractivity contribution in [2.45, 2.75) is 24.9 Å². The summed E-state index contributed by atoms with van der Waals surface area (Å²) in [6.45, 7) is 2.07. The highest BCUT2D eigenvalue weighted by atomic mass is 32.2. The van der Waals surface area contributed by atoms with Gasteiger partial charge in [0, 0.05) is 20.5 Å². The van der Waals surface area contributed by atoms with Crippen LogP contribution in [-0.2, 0) is 11.2 Å². The molecule has 0 aliphatic rings. The van der Waals surface area contributed by atoms with E-state index < -0.39 is 5.97 Å². The molecule has 1 rings (SSSR count). The van der Waals surface area contributed by atoms with Gasteiger partial charge >= 0.3 is 5.97 Å². The molecule has 0 unspecified atom stereocenters. The summed E-state index contributed by atoms with van der Waals surface area (Å²) in [6.07, 6.45) is 1.81. The predicted octanol–water partition coefficient (Wildman–Crippen LogP) is 0.605. The molecule has 0 radical (unpaired) electrons. The number of carboxylic acids is 1. The summed E-state index contributed by atoms with van der Waals surface area (Å²) in [7, 11) is 3.76. The maximum atomic E-state index is 10.5. The molecule has 0 amide bonds. The summed E-state index contributed by atoms with van der Waals surface area (Å²) in [4.78, 5) is 10.5. The Morgan fingerprint density at radius 2 is 2.19 bits per heavy atom. The molecule has 1 aromatic rings. The second kappa shape index (κ2) is 5.74. The highest BCUT2D eigenvalue weighted by Crippen LogP contribution is 2.17. The van der Waals surface area contributed by atoms with Crippen LogP contribution in [0, 0.1) is 0 Å². The van der Waals surface area contributed by atoms with E-state index in [-0.39, 0.29) is 5.75 Å². The number of rotatable bonds is 6. The third-order valence-corrected chi connectivity index (χ3v) is 2.78. The fourth-order valence-electron chi connectivity index (χ4n) is 1.29. The van der Waals surface area contributed by atoms with E-state index in [9.17, 15) is 4.79 Å². The van der Waals surface area contributed by atoms with Gasteiger partial charge in [-0.15, -0.1) is 10.2 Å². The predicted molar refractivity (Wildman–Crippen MR) is 62.4 cm³/mol. The third kappa shape index (κ3) is 3.13. The summed E-state index contributed by atoms with van der Waals surface area (Å²) < 4.78 is 1.84. The van der Waals surface area contributed by atoms with Crippen LogP contribution in [-0.4, -0.2) is 45.8 Å². The average molecular weight is 244 g/mol. The van der Waals surface area contributed by atoms with Gasteiger partial charge < -0.3 is 10.1 Å². The van der Waals surface area contributed by atoms with Crippen molar-refractivity contribution < 1.29 is 9.90 Å². The van der Waals surface area contributed by atoms with Gasteiger partial charge in [0.15, 0.2) is 5.82 Å². The topological polar surface area (TPSA) is 71.2 Å². The SMILES string of the molecule is CCCc1nnc(SCC(=O)O)n1N(C)C. The lowest BCUT2D eigenvalue weighted by molar-refractivity contribution is -0.133. The van der Waals surface area contributed by atoms with Gasteiger partial charge in [-0.2, -0.15) is 0 Å². The van der Waals surface area contributed by atoms with Crippen LogP contribution >= 0.6 is 11.8 Å². The van der Waals surface area contributed by atoms with Crippen LogP contribution in [0.2, 0.25) is 0 Å². The zero-order valence-electron chi connectivity index (χ0n) is 9.67. The third-order valence-electron chi connectivity index (χ3n) is 1.88. The largest absolute Gasteiger partial charge is 0.481 e. The maximum absolute atomic E-state index is 10.5. The monoisotopic (exact) mass is 244 g/mol. The van der Waals surface area contributed by atoms with Crippen LogP contribution in [0.1, 0.15) is 19.2 Å². The molecule has 1 heterocycles. The molecule has 7 heteroatoms. The number of nitrogens with zero attached hydrogens (tertiary/aromatic N) is 4. The first-order valence-electron chi connectivity index (χ1n) is 5.02. The second-order valence-corrected chi connectivity index (χ2v) is 4.43. The van der Waals surface area contributed by atoms with E-state index in [4.69, 9.17) is 5.11 Å². The Bertz CT molecular complexity index is 364. The minimum Gasteiger partial charge on any atom is -0.481 e. The van der Waals surface area contributed by atoms with Crippen LogP contribution in [0.5, 0.6) is 0 Å². The first-order chi connectivity index (χ1) is 7.56. The van der Waals surface area contributed by atoms with Crippen molar-refractivity contribution in [3.8, 4) is 0 Å². The lowest BCUT2D eigenvalue weighted by atomic mass is 10.3. The number of hydrogen-bond donors (Lipinski definition) is 1. The number of carboxylic acid groups (broad SMARTS) is 1. The molecule has 0 fully saturated rings. The lowest BCUT2D eigenvalue weighted by Gasteiger charge is -2.17. The maximum Gasteiger partial charge on any atom is 0.313 e. The number of carbonyl (C=O) groups is 1. The smallest absolute Gasteiger partial charge is 0.313 e. The van der Waals surface area contributed by atoms with Gasteiger partial charge in [0.2, 0.25) is 5.16 Å². The molecular weight excluding hydrogens is 228 g/mol. The van der Waals surface area contributed by atoms with Crippen LogP contribution in [0.25, 0.3) is 0 Å². The molecule has 0 spiro atoms. The zero-order valence-corrected chi connectivity index (χ0v) is 10.5. The van der Waals surface area contributed by atoms with Crippen LogP contribution in [0.3, 0.4) is 0 Å². The van der Waals surface area contributed by atoms with E-state index in [1.165, 1.54) is 11.8 Å². The molecule has 90 valence electrons. The minimum absolute atomic E-state index is 0.00189. The highest BCUT2D eigenvalue weighted by molar-refractivity contribution is 7.99. The second-order valence-electron chi connectivity index (χ2n) is 3.49. The van der Waals surface area contributed by atoms with Crippen molar-refractivity contribution in [3.63, 3.8) is 0 Å². The Balaban J connectivity index is 2.86. The fourth-order valence-corrected chi connectivity index (χ4v) is 2.04. The first kappa shape index (κ1) is 12.8. The molecule has 0 aliphatic carbocycles. The fraction of sp³-hybridized carbons (Fsp3) is 0.667. The number of hydrogen-bond acceptors (Lipinski definition) is 5. The van der Waals surface area contributed by atoms with Gasteiger partial charge in [0.25, 0.3) is 0 Å². The molecule has 0 atom stereocenters. The standard InChI is InChI=1S/C9H16N4O2S/c1-4-5-7-10-11-9(13(7)12(2)3)16-6-8(14)15/h4-6H2,1-3H3,(H,14,15). The summed E-state index contributed by atoms with van der Waals surface area (Å²) >= 11 is 1.18. The summed E-state index contributed by atoms with van der Waals surface area (Å²) in [5.41, 5.74) is 0. The summed E-state index contributed by atoms with van der Waals surface area (Å²) in [6, 6.07) is 0. The molecule has 0 saturated carbocycles. The van der Waals surface area contributed by atoms with E-state index >= 15 is 0 Å².